The molecule has 34 heavy (non-hydrogen) atoms. The first-order valence-electron chi connectivity index (χ1n) is 10.5. The molecule has 9 nitrogen and oxygen atoms in total. The molecule has 10 heteroatoms. The van der Waals surface area contributed by atoms with Crippen molar-refractivity contribution in [1.29, 1.82) is 0 Å². The van der Waals surface area contributed by atoms with Crippen LogP contribution in [0.15, 0.2) is 47.4 Å². The van der Waals surface area contributed by atoms with E-state index < -0.39 is 29.6 Å². The second-order valence-corrected chi connectivity index (χ2v) is 9.73. The highest BCUT2D eigenvalue weighted by atomic mass is 32.2. The fourth-order valence-electron chi connectivity index (χ4n) is 3.32. The molecule has 3 rings (SSSR count). The van der Waals surface area contributed by atoms with Gasteiger partial charge >= 0.3 is 12.1 Å². The SMILES string of the molecule is COC(=O)c1ccc2c(c1)N(Cc1ccc(C(N)=O)cc1)C(=O)[C@@H](NC(=O)OC(C)(C)C)CS2. The van der Waals surface area contributed by atoms with Crippen molar-refractivity contribution in [1.82, 2.24) is 5.32 Å². The molecule has 2 aromatic carbocycles. The van der Waals surface area contributed by atoms with Gasteiger partial charge < -0.3 is 25.4 Å². The van der Waals surface area contributed by atoms with Crippen LogP contribution < -0.4 is 16.0 Å². The zero-order chi connectivity index (χ0) is 25.0. The van der Waals surface area contributed by atoms with Crippen LogP contribution >= 0.6 is 11.8 Å². The molecule has 180 valence electrons. The minimum atomic E-state index is -0.862. The van der Waals surface area contributed by atoms with Gasteiger partial charge in [0.2, 0.25) is 5.91 Å². The maximum Gasteiger partial charge on any atom is 0.408 e. The Balaban J connectivity index is 1.97. The topological polar surface area (TPSA) is 128 Å². The van der Waals surface area contributed by atoms with Gasteiger partial charge in [-0.05, 0) is 56.7 Å². The molecule has 1 heterocycles. The van der Waals surface area contributed by atoms with Crippen LogP contribution in [0.1, 0.15) is 47.1 Å². The van der Waals surface area contributed by atoms with Crippen molar-refractivity contribution in [3.05, 3.63) is 59.2 Å². The van der Waals surface area contributed by atoms with Gasteiger partial charge in [0, 0.05) is 16.2 Å². The van der Waals surface area contributed by atoms with Crippen molar-refractivity contribution in [2.45, 2.75) is 43.9 Å². The van der Waals surface area contributed by atoms with E-state index in [1.54, 1.807) is 63.2 Å². The predicted octanol–water partition coefficient (Wildman–Crippen LogP) is 3.10. The highest BCUT2D eigenvalue weighted by molar-refractivity contribution is 7.99. The first-order valence-corrected chi connectivity index (χ1v) is 11.5. The number of fused-ring (bicyclic) bond motifs is 1. The Kier molecular flexibility index (Phi) is 7.51. The van der Waals surface area contributed by atoms with Gasteiger partial charge in [-0.3, -0.25) is 9.59 Å². The van der Waals surface area contributed by atoms with Gasteiger partial charge in [-0.1, -0.05) is 12.1 Å². The molecule has 0 saturated heterocycles. The van der Waals surface area contributed by atoms with E-state index in [1.807, 2.05) is 0 Å². The quantitative estimate of drug-likeness (QED) is 0.623. The molecule has 1 atom stereocenters. The number of nitrogens with one attached hydrogen (secondary N) is 1. The molecular formula is C24H27N3O6S. The lowest BCUT2D eigenvalue weighted by Gasteiger charge is -2.27. The molecule has 0 spiro atoms. The number of hydrogen-bond acceptors (Lipinski definition) is 7. The van der Waals surface area contributed by atoms with Crippen molar-refractivity contribution >= 4 is 41.3 Å². The summed E-state index contributed by atoms with van der Waals surface area (Å²) in [7, 11) is 1.28. The van der Waals surface area contributed by atoms with E-state index in [1.165, 1.54) is 23.8 Å². The predicted molar refractivity (Wildman–Crippen MR) is 128 cm³/mol. The Morgan fingerprint density at radius 1 is 1.12 bits per heavy atom. The molecule has 0 radical (unpaired) electrons. The number of carbonyl (C=O) groups is 4. The van der Waals surface area contributed by atoms with E-state index in [9.17, 15) is 19.2 Å². The summed E-state index contributed by atoms with van der Waals surface area (Å²) < 4.78 is 10.2. The second-order valence-electron chi connectivity index (χ2n) is 8.67. The number of rotatable bonds is 5. The molecule has 0 fully saturated rings. The minimum absolute atomic E-state index is 0.141. The summed E-state index contributed by atoms with van der Waals surface area (Å²) in [5.41, 5.74) is 6.49. The molecular weight excluding hydrogens is 458 g/mol. The number of anilines is 1. The van der Waals surface area contributed by atoms with Crippen molar-refractivity contribution in [2.75, 3.05) is 17.8 Å². The molecule has 2 aromatic rings. The van der Waals surface area contributed by atoms with Crippen LogP contribution in [0.3, 0.4) is 0 Å². The number of nitrogens with zero attached hydrogens (tertiary/aromatic N) is 1. The van der Waals surface area contributed by atoms with Crippen LogP contribution in [0.5, 0.6) is 0 Å². The first-order chi connectivity index (χ1) is 16.0. The summed E-state index contributed by atoms with van der Waals surface area (Å²) in [6.07, 6.45) is -0.696. The largest absolute Gasteiger partial charge is 0.465 e. The number of alkyl carbamates (subject to hydrolysis) is 1. The van der Waals surface area contributed by atoms with E-state index in [0.717, 1.165) is 10.5 Å². The number of esters is 1. The van der Waals surface area contributed by atoms with Crippen LogP contribution in [-0.4, -0.2) is 48.4 Å². The zero-order valence-corrected chi connectivity index (χ0v) is 20.2. The molecule has 0 bridgehead atoms. The average Bonchev–Trinajstić information content (AvgIpc) is 2.89. The summed E-state index contributed by atoms with van der Waals surface area (Å²) in [4.78, 5) is 51.8. The molecule has 0 saturated carbocycles. The third-order valence-electron chi connectivity index (χ3n) is 4.91. The number of benzene rings is 2. The monoisotopic (exact) mass is 485 g/mol. The molecule has 0 unspecified atom stereocenters. The van der Waals surface area contributed by atoms with Crippen molar-refractivity contribution in [2.24, 2.45) is 5.73 Å². The van der Waals surface area contributed by atoms with E-state index in [0.29, 0.717) is 16.8 Å². The standard InChI is InChI=1S/C24H27N3O6S/c1-24(2,3)33-23(31)26-17-13-34-19-10-9-16(22(30)32-4)11-18(19)27(21(17)29)12-14-5-7-15(8-6-14)20(25)28/h5-11,17H,12-13H2,1-4H3,(H2,25,28)(H,26,31)/t17-/m0/s1. The maximum atomic E-state index is 13.6. The van der Waals surface area contributed by atoms with Gasteiger partial charge in [0.25, 0.3) is 5.91 Å². The summed E-state index contributed by atoms with van der Waals surface area (Å²) in [6.45, 7) is 5.36. The van der Waals surface area contributed by atoms with Crippen LogP contribution in [0.25, 0.3) is 0 Å². The van der Waals surface area contributed by atoms with Crippen molar-refractivity contribution < 1.29 is 28.7 Å². The van der Waals surface area contributed by atoms with Gasteiger partial charge in [-0.25, -0.2) is 9.59 Å². The Morgan fingerprint density at radius 2 is 1.76 bits per heavy atom. The number of ether oxygens (including phenoxy) is 2. The average molecular weight is 486 g/mol. The number of thioether (sulfide) groups is 1. The van der Waals surface area contributed by atoms with Gasteiger partial charge in [0.05, 0.1) is 24.9 Å². The highest BCUT2D eigenvalue weighted by Gasteiger charge is 2.33. The maximum absolute atomic E-state index is 13.6. The number of hydrogen-bond donors (Lipinski definition) is 2. The Morgan fingerprint density at radius 3 is 2.35 bits per heavy atom. The van der Waals surface area contributed by atoms with E-state index in [4.69, 9.17) is 15.2 Å². The number of primary amides is 1. The number of amides is 3. The zero-order valence-electron chi connectivity index (χ0n) is 19.4. The van der Waals surface area contributed by atoms with Crippen LogP contribution in [-0.2, 0) is 20.8 Å². The molecule has 0 aliphatic carbocycles. The lowest BCUT2D eigenvalue weighted by Crippen LogP contribution is -2.50. The highest BCUT2D eigenvalue weighted by Crippen LogP contribution is 2.36. The Labute approximate surface area is 202 Å². The minimum Gasteiger partial charge on any atom is -0.465 e. The lowest BCUT2D eigenvalue weighted by atomic mass is 10.1. The molecule has 1 aliphatic heterocycles. The fourth-order valence-corrected chi connectivity index (χ4v) is 4.37. The molecule has 0 aromatic heterocycles. The van der Waals surface area contributed by atoms with E-state index in [-0.39, 0.29) is 18.2 Å². The number of nitrogens with two attached hydrogens (primary N) is 1. The van der Waals surface area contributed by atoms with E-state index >= 15 is 0 Å². The number of carbonyl (C=O) groups excluding carboxylic acids is 4. The third-order valence-corrected chi connectivity index (χ3v) is 6.07. The number of methoxy groups -OCH3 is 1. The summed E-state index contributed by atoms with van der Waals surface area (Å²) in [5, 5.41) is 2.66. The molecule has 3 amide bonds. The summed E-state index contributed by atoms with van der Waals surface area (Å²) in [6, 6.07) is 10.7. The van der Waals surface area contributed by atoms with Gasteiger partial charge in [-0.15, -0.1) is 11.8 Å². The molecule has 1 aliphatic rings. The van der Waals surface area contributed by atoms with E-state index in [2.05, 4.69) is 5.32 Å². The summed E-state index contributed by atoms with van der Waals surface area (Å²) in [5.74, 6) is -1.17. The Bertz CT molecular complexity index is 1110. The van der Waals surface area contributed by atoms with Gasteiger partial charge in [-0.2, -0.15) is 0 Å². The van der Waals surface area contributed by atoms with Crippen LogP contribution in [0.2, 0.25) is 0 Å². The van der Waals surface area contributed by atoms with Crippen LogP contribution in [0.4, 0.5) is 10.5 Å². The molecule has 3 N–H and O–H groups in total. The second kappa shape index (κ2) is 10.2. The van der Waals surface area contributed by atoms with Crippen molar-refractivity contribution in [3.8, 4) is 0 Å². The van der Waals surface area contributed by atoms with Gasteiger partial charge in [0.1, 0.15) is 11.6 Å². The fraction of sp³-hybridized carbons (Fsp3) is 0.333. The summed E-state index contributed by atoms with van der Waals surface area (Å²) >= 11 is 1.38. The lowest BCUT2D eigenvalue weighted by molar-refractivity contribution is -0.120. The van der Waals surface area contributed by atoms with Crippen molar-refractivity contribution in [3.63, 3.8) is 0 Å². The normalized spacial score (nSPS) is 15.7. The first kappa shape index (κ1) is 25.1. The Hall–Kier alpha value is -3.53. The third kappa shape index (κ3) is 6.07. The van der Waals surface area contributed by atoms with Crippen LogP contribution in [0, 0.1) is 0 Å². The van der Waals surface area contributed by atoms with Gasteiger partial charge in [0.15, 0.2) is 0 Å². The smallest absolute Gasteiger partial charge is 0.408 e.